The van der Waals surface area contributed by atoms with Crippen LogP contribution in [0.25, 0.3) is 10.8 Å². The van der Waals surface area contributed by atoms with E-state index in [4.69, 9.17) is 4.74 Å². The van der Waals surface area contributed by atoms with Crippen LogP contribution in [0.1, 0.15) is 13.8 Å². The fourth-order valence-electron chi connectivity index (χ4n) is 3.20. The van der Waals surface area contributed by atoms with E-state index in [1.165, 1.54) is 16.5 Å². The molecular weight excluding hydrogens is 260 g/mol. The molecule has 0 spiro atoms. The second-order valence-electron chi connectivity index (χ2n) is 5.97. The largest absolute Gasteiger partial charge is 0.383 e. The molecule has 3 nitrogen and oxygen atoms in total. The number of ether oxygens (including phenoxy) is 1. The Kier molecular flexibility index (Phi) is 4.42. The van der Waals surface area contributed by atoms with Gasteiger partial charge in [0.05, 0.1) is 12.2 Å². The Morgan fingerprint density at radius 1 is 1.05 bits per heavy atom. The molecule has 0 aliphatic carbocycles. The molecule has 0 bridgehead atoms. The van der Waals surface area contributed by atoms with Crippen molar-refractivity contribution >= 4 is 16.5 Å². The van der Waals surface area contributed by atoms with E-state index >= 15 is 0 Å². The van der Waals surface area contributed by atoms with Gasteiger partial charge in [-0.1, -0.05) is 36.4 Å². The van der Waals surface area contributed by atoms with Gasteiger partial charge in [0.15, 0.2) is 0 Å². The van der Waals surface area contributed by atoms with Crippen LogP contribution < -0.4 is 5.32 Å². The molecule has 3 rings (SSSR count). The minimum absolute atomic E-state index is 0.339. The highest BCUT2D eigenvalue weighted by molar-refractivity contribution is 5.93. The Bertz CT molecular complexity index is 583. The van der Waals surface area contributed by atoms with Crippen LogP contribution in [0.5, 0.6) is 0 Å². The van der Waals surface area contributed by atoms with Gasteiger partial charge >= 0.3 is 0 Å². The van der Waals surface area contributed by atoms with Crippen molar-refractivity contribution in [1.82, 2.24) is 4.90 Å². The van der Waals surface area contributed by atoms with Crippen molar-refractivity contribution in [2.75, 3.05) is 31.5 Å². The van der Waals surface area contributed by atoms with Gasteiger partial charge < -0.3 is 10.1 Å². The van der Waals surface area contributed by atoms with Crippen molar-refractivity contribution in [3.8, 4) is 0 Å². The maximum absolute atomic E-state index is 5.78. The molecule has 2 aromatic carbocycles. The van der Waals surface area contributed by atoms with Gasteiger partial charge in [0, 0.05) is 37.3 Å². The van der Waals surface area contributed by atoms with E-state index in [0.29, 0.717) is 12.2 Å². The molecule has 1 aliphatic rings. The number of nitrogens with one attached hydrogen (secondary N) is 1. The van der Waals surface area contributed by atoms with E-state index in [1.54, 1.807) is 0 Å². The Labute approximate surface area is 126 Å². The molecule has 21 heavy (non-hydrogen) atoms. The van der Waals surface area contributed by atoms with E-state index in [2.05, 4.69) is 66.5 Å². The highest BCUT2D eigenvalue weighted by Crippen LogP contribution is 2.22. The standard InChI is InChI=1S/C18H24N2O/c1-14-12-20(13-15(2)21-14)11-10-19-18-9-5-7-16-6-3-4-8-17(16)18/h3-9,14-15,19H,10-13H2,1-2H3/t14-,15-/m0/s1. The van der Waals surface area contributed by atoms with E-state index in [9.17, 15) is 0 Å². The predicted octanol–water partition coefficient (Wildman–Crippen LogP) is 3.36. The maximum atomic E-state index is 5.78. The lowest BCUT2D eigenvalue weighted by atomic mass is 10.1. The number of nitrogens with zero attached hydrogens (tertiary/aromatic N) is 1. The zero-order chi connectivity index (χ0) is 14.7. The SMILES string of the molecule is C[C@H]1CN(CCNc2cccc3ccccc23)C[C@H](C)O1. The summed E-state index contributed by atoms with van der Waals surface area (Å²) in [6.45, 7) is 8.39. The maximum Gasteiger partial charge on any atom is 0.0678 e. The minimum atomic E-state index is 0.339. The van der Waals surface area contributed by atoms with Crippen molar-refractivity contribution in [2.24, 2.45) is 0 Å². The Hall–Kier alpha value is -1.58. The topological polar surface area (TPSA) is 24.5 Å². The molecule has 1 fully saturated rings. The molecule has 0 aromatic heterocycles. The van der Waals surface area contributed by atoms with Gasteiger partial charge in [-0.05, 0) is 25.3 Å². The van der Waals surface area contributed by atoms with E-state index in [-0.39, 0.29) is 0 Å². The van der Waals surface area contributed by atoms with E-state index in [0.717, 1.165) is 26.2 Å². The zero-order valence-corrected chi connectivity index (χ0v) is 12.9. The number of rotatable bonds is 4. The van der Waals surface area contributed by atoms with Crippen LogP contribution >= 0.6 is 0 Å². The molecule has 1 saturated heterocycles. The predicted molar refractivity (Wildman–Crippen MR) is 88.9 cm³/mol. The molecular formula is C18H24N2O. The molecule has 1 N–H and O–H groups in total. The third-order valence-electron chi connectivity index (χ3n) is 4.03. The molecule has 0 radical (unpaired) electrons. The van der Waals surface area contributed by atoms with Gasteiger partial charge in [-0.3, -0.25) is 4.90 Å². The lowest BCUT2D eigenvalue weighted by molar-refractivity contribution is -0.0667. The monoisotopic (exact) mass is 284 g/mol. The van der Waals surface area contributed by atoms with Gasteiger partial charge in [-0.15, -0.1) is 0 Å². The van der Waals surface area contributed by atoms with Crippen LogP contribution in [0.15, 0.2) is 42.5 Å². The summed E-state index contributed by atoms with van der Waals surface area (Å²) in [4.78, 5) is 2.48. The first kappa shape index (κ1) is 14.4. The molecule has 1 aliphatic heterocycles. The van der Waals surface area contributed by atoms with Gasteiger partial charge in [0.2, 0.25) is 0 Å². The Balaban J connectivity index is 1.59. The molecule has 112 valence electrons. The van der Waals surface area contributed by atoms with Crippen LogP contribution in [0.3, 0.4) is 0 Å². The normalized spacial score (nSPS) is 23.3. The van der Waals surface area contributed by atoms with Crippen LogP contribution in [-0.2, 0) is 4.74 Å². The van der Waals surface area contributed by atoms with Gasteiger partial charge in [0.1, 0.15) is 0 Å². The molecule has 3 heteroatoms. The first-order valence-corrected chi connectivity index (χ1v) is 7.82. The lowest BCUT2D eigenvalue weighted by Crippen LogP contribution is -2.46. The summed E-state index contributed by atoms with van der Waals surface area (Å²) < 4.78 is 5.78. The number of anilines is 1. The summed E-state index contributed by atoms with van der Waals surface area (Å²) in [6, 6.07) is 15.0. The van der Waals surface area contributed by atoms with Gasteiger partial charge in [0.25, 0.3) is 0 Å². The second kappa shape index (κ2) is 6.46. The number of hydrogen-bond acceptors (Lipinski definition) is 3. The van der Waals surface area contributed by atoms with Crippen molar-refractivity contribution in [1.29, 1.82) is 0 Å². The van der Waals surface area contributed by atoms with E-state index < -0.39 is 0 Å². The second-order valence-corrected chi connectivity index (χ2v) is 5.97. The van der Waals surface area contributed by atoms with Crippen molar-refractivity contribution in [3.63, 3.8) is 0 Å². The fraction of sp³-hybridized carbons (Fsp3) is 0.444. The third-order valence-corrected chi connectivity index (χ3v) is 4.03. The average molecular weight is 284 g/mol. The molecule has 0 saturated carbocycles. The molecule has 0 unspecified atom stereocenters. The summed E-state index contributed by atoms with van der Waals surface area (Å²) in [5.74, 6) is 0. The van der Waals surface area contributed by atoms with Gasteiger partial charge in [-0.25, -0.2) is 0 Å². The van der Waals surface area contributed by atoms with Crippen molar-refractivity contribution in [2.45, 2.75) is 26.1 Å². The third kappa shape index (κ3) is 3.55. The quantitative estimate of drug-likeness (QED) is 0.931. The number of benzene rings is 2. The highest BCUT2D eigenvalue weighted by Gasteiger charge is 2.21. The first-order chi connectivity index (χ1) is 10.2. The van der Waals surface area contributed by atoms with Gasteiger partial charge in [-0.2, -0.15) is 0 Å². The summed E-state index contributed by atoms with van der Waals surface area (Å²) >= 11 is 0. The first-order valence-electron chi connectivity index (χ1n) is 7.82. The highest BCUT2D eigenvalue weighted by atomic mass is 16.5. The zero-order valence-electron chi connectivity index (χ0n) is 12.9. The van der Waals surface area contributed by atoms with Crippen molar-refractivity contribution < 1.29 is 4.74 Å². The Morgan fingerprint density at radius 2 is 1.76 bits per heavy atom. The van der Waals surface area contributed by atoms with E-state index in [1.807, 2.05) is 0 Å². The summed E-state index contributed by atoms with van der Waals surface area (Å²) in [5, 5.41) is 6.17. The summed E-state index contributed by atoms with van der Waals surface area (Å²) in [5.41, 5.74) is 1.22. The lowest BCUT2D eigenvalue weighted by Gasteiger charge is -2.35. The van der Waals surface area contributed by atoms with Crippen LogP contribution in [-0.4, -0.2) is 43.3 Å². The smallest absolute Gasteiger partial charge is 0.0678 e. The number of morpholine rings is 1. The molecule has 1 heterocycles. The Morgan fingerprint density at radius 3 is 2.57 bits per heavy atom. The molecule has 0 amide bonds. The molecule has 2 aromatic rings. The molecule has 2 atom stereocenters. The number of hydrogen-bond donors (Lipinski definition) is 1. The van der Waals surface area contributed by atoms with Crippen LogP contribution in [0, 0.1) is 0 Å². The van der Waals surface area contributed by atoms with Crippen LogP contribution in [0.4, 0.5) is 5.69 Å². The fourth-order valence-corrected chi connectivity index (χ4v) is 3.20. The average Bonchev–Trinajstić information content (AvgIpc) is 2.46. The minimum Gasteiger partial charge on any atom is -0.383 e. The van der Waals surface area contributed by atoms with Crippen LogP contribution in [0.2, 0.25) is 0 Å². The summed E-state index contributed by atoms with van der Waals surface area (Å²) in [6.07, 6.45) is 0.678. The summed E-state index contributed by atoms with van der Waals surface area (Å²) in [7, 11) is 0. The van der Waals surface area contributed by atoms with Crippen molar-refractivity contribution in [3.05, 3.63) is 42.5 Å². The number of fused-ring (bicyclic) bond motifs is 1.